The summed E-state index contributed by atoms with van der Waals surface area (Å²) in [5, 5.41) is 8.15. The minimum Gasteiger partial charge on any atom is -0.480 e. The second-order valence-electron chi connectivity index (χ2n) is 2.30. The van der Waals surface area contributed by atoms with Crippen LogP contribution < -0.4 is 0 Å². The predicted octanol–water partition coefficient (Wildman–Crippen LogP) is -0.355. The van der Waals surface area contributed by atoms with Crippen molar-refractivity contribution < 1.29 is 14.7 Å². The molecule has 1 N–H and O–H groups in total. The summed E-state index contributed by atoms with van der Waals surface area (Å²) in [7, 11) is 0. The lowest BCUT2D eigenvalue weighted by molar-refractivity contribution is -0.137. The van der Waals surface area contributed by atoms with E-state index in [1.54, 1.807) is 0 Å². The minimum absolute atomic E-state index is 0.337. The largest absolute Gasteiger partial charge is 0.480 e. The van der Waals surface area contributed by atoms with E-state index in [1.807, 2.05) is 0 Å². The quantitative estimate of drug-likeness (QED) is 0.582. The predicted molar refractivity (Wildman–Crippen MR) is 41.5 cm³/mol. The Balaban J connectivity index is 2.45. The van der Waals surface area contributed by atoms with Gasteiger partial charge in [-0.2, -0.15) is 0 Å². The average Bonchev–Trinajstić information content (AvgIpc) is 2.05. The van der Waals surface area contributed by atoms with Gasteiger partial charge in [-0.05, 0) is 0 Å². The SMILES string of the molecule is O=CN1CCSC(C(=O)O)C1. The van der Waals surface area contributed by atoms with Gasteiger partial charge in [-0.15, -0.1) is 11.8 Å². The highest BCUT2D eigenvalue weighted by Gasteiger charge is 2.24. The highest BCUT2D eigenvalue weighted by molar-refractivity contribution is 8.00. The fourth-order valence-electron chi connectivity index (χ4n) is 0.914. The maximum absolute atomic E-state index is 10.5. The van der Waals surface area contributed by atoms with E-state index >= 15 is 0 Å². The normalized spacial score (nSPS) is 24.7. The summed E-state index contributed by atoms with van der Waals surface area (Å²) >= 11 is 1.39. The van der Waals surface area contributed by atoms with Crippen LogP contribution >= 0.6 is 11.8 Å². The Morgan fingerprint density at radius 1 is 1.73 bits per heavy atom. The van der Waals surface area contributed by atoms with Crippen LogP contribution in [0.3, 0.4) is 0 Å². The number of aliphatic carboxylic acids is 1. The molecule has 11 heavy (non-hydrogen) atoms. The summed E-state index contributed by atoms with van der Waals surface area (Å²) in [4.78, 5) is 22.2. The van der Waals surface area contributed by atoms with Crippen LogP contribution in [0.4, 0.5) is 0 Å². The van der Waals surface area contributed by atoms with E-state index in [0.29, 0.717) is 19.5 Å². The molecule has 1 rings (SSSR count). The number of amides is 1. The Hall–Kier alpha value is -0.710. The van der Waals surface area contributed by atoms with Gasteiger partial charge in [-0.1, -0.05) is 0 Å². The second kappa shape index (κ2) is 3.61. The van der Waals surface area contributed by atoms with Crippen LogP contribution in [-0.4, -0.2) is 46.5 Å². The molecule has 1 atom stereocenters. The van der Waals surface area contributed by atoms with Gasteiger partial charge in [0.1, 0.15) is 5.25 Å². The van der Waals surface area contributed by atoms with E-state index in [9.17, 15) is 9.59 Å². The van der Waals surface area contributed by atoms with Crippen molar-refractivity contribution in [3.8, 4) is 0 Å². The van der Waals surface area contributed by atoms with Crippen molar-refractivity contribution >= 4 is 24.1 Å². The highest BCUT2D eigenvalue weighted by atomic mass is 32.2. The summed E-state index contributed by atoms with van der Waals surface area (Å²) in [5.74, 6) is -0.114. The van der Waals surface area contributed by atoms with E-state index in [0.717, 1.165) is 5.75 Å². The van der Waals surface area contributed by atoms with Crippen LogP contribution in [-0.2, 0) is 9.59 Å². The van der Waals surface area contributed by atoms with Gasteiger partial charge in [0.25, 0.3) is 0 Å². The molecule has 1 amide bonds. The molecular formula is C6H9NO3S. The number of carbonyl (C=O) groups excluding carboxylic acids is 1. The van der Waals surface area contributed by atoms with Crippen molar-refractivity contribution in [1.29, 1.82) is 0 Å². The number of carboxylic acid groups (broad SMARTS) is 1. The van der Waals surface area contributed by atoms with Crippen LogP contribution in [0.15, 0.2) is 0 Å². The maximum atomic E-state index is 10.5. The van der Waals surface area contributed by atoms with Crippen molar-refractivity contribution in [3.63, 3.8) is 0 Å². The van der Waals surface area contributed by atoms with Crippen molar-refractivity contribution in [2.24, 2.45) is 0 Å². The lowest BCUT2D eigenvalue weighted by atomic mass is 10.4. The van der Waals surface area contributed by atoms with Gasteiger partial charge in [-0.25, -0.2) is 0 Å². The van der Waals surface area contributed by atoms with Gasteiger partial charge >= 0.3 is 5.97 Å². The Bertz CT molecular complexity index is 173. The molecule has 1 fully saturated rings. The molecule has 0 spiro atoms. The zero-order chi connectivity index (χ0) is 8.27. The summed E-state index contributed by atoms with van der Waals surface area (Å²) in [5.41, 5.74) is 0. The van der Waals surface area contributed by atoms with Crippen molar-refractivity contribution in [1.82, 2.24) is 4.90 Å². The molecule has 1 unspecified atom stereocenters. The Labute approximate surface area is 68.6 Å². The fourth-order valence-corrected chi connectivity index (χ4v) is 1.98. The average molecular weight is 175 g/mol. The van der Waals surface area contributed by atoms with Gasteiger partial charge in [0.05, 0.1) is 0 Å². The van der Waals surface area contributed by atoms with Gasteiger partial charge in [-0.3, -0.25) is 9.59 Å². The first kappa shape index (κ1) is 8.39. The second-order valence-corrected chi connectivity index (χ2v) is 3.61. The molecule has 4 nitrogen and oxygen atoms in total. The summed E-state index contributed by atoms with van der Waals surface area (Å²) < 4.78 is 0. The molecule has 0 aromatic carbocycles. The first-order chi connectivity index (χ1) is 5.24. The van der Waals surface area contributed by atoms with E-state index in [1.165, 1.54) is 16.7 Å². The molecule has 0 aromatic rings. The van der Waals surface area contributed by atoms with Crippen LogP contribution in [0.25, 0.3) is 0 Å². The van der Waals surface area contributed by atoms with Crippen molar-refractivity contribution in [2.75, 3.05) is 18.8 Å². The molecule has 1 saturated heterocycles. The molecular weight excluding hydrogens is 166 g/mol. The maximum Gasteiger partial charge on any atom is 0.318 e. The first-order valence-electron chi connectivity index (χ1n) is 3.28. The van der Waals surface area contributed by atoms with E-state index in [2.05, 4.69) is 0 Å². The minimum atomic E-state index is -0.832. The highest BCUT2D eigenvalue weighted by Crippen LogP contribution is 2.17. The Morgan fingerprint density at radius 2 is 2.45 bits per heavy atom. The number of carbonyl (C=O) groups is 2. The van der Waals surface area contributed by atoms with Crippen LogP contribution in [0, 0.1) is 0 Å². The standard InChI is InChI=1S/C6H9NO3S/c8-4-7-1-2-11-5(3-7)6(9)10/h4-5H,1-3H2,(H,9,10). The van der Waals surface area contributed by atoms with E-state index in [-0.39, 0.29) is 0 Å². The molecule has 0 radical (unpaired) electrons. The zero-order valence-electron chi connectivity index (χ0n) is 5.90. The van der Waals surface area contributed by atoms with Crippen molar-refractivity contribution in [2.45, 2.75) is 5.25 Å². The third-order valence-corrected chi connectivity index (χ3v) is 2.69. The molecule has 1 aliphatic heterocycles. The summed E-state index contributed by atoms with van der Waals surface area (Å²) in [6.45, 7) is 1.00. The lowest BCUT2D eigenvalue weighted by Crippen LogP contribution is -2.40. The van der Waals surface area contributed by atoms with Gasteiger partial charge in [0.2, 0.25) is 6.41 Å². The number of hydrogen-bond donors (Lipinski definition) is 1. The third kappa shape index (κ3) is 2.11. The number of rotatable bonds is 2. The Morgan fingerprint density at radius 3 is 3.00 bits per heavy atom. The van der Waals surface area contributed by atoms with Crippen LogP contribution in [0.1, 0.15) is 0 Å². The molecule has 1 heterocycles. The molecule has 0 saturated carbocycles. The summed E-state index contributed by atoms with van der Waals surface area (Å²) in [6, 6.07) is 0. The van der Waals surface area contributed by atoms with Gasteiger partial charge in [0.15, 0.2) is 0 Å². The number of thioether (sulfide) groups is 1. The first-order valence-corrected chi connectivity index (χ1v) is 4.32. The zero-order valence-corrected chi connectivity index (χ0v) is 6.71. The fraction of sp³-hybridized carbons (Fsp3) is 0.667. The smallest absolute Gasteiger partial charge is 0.318 e. The van der Waals surface area contributed by atoms with Crippen LogP contribution in [0.2, 0.25) is 0 Å². The topological polar surface area (TPSA) is 57.6 Å². The third-order valence-electron chi connectivity index (χ3n) is 1.52. The number of hydrogen-bond acceptors (Lipinski definition) is 3. The van der Waals surface area contributed by atoms with E-state index in [4.69, 9.17) is 5.11 Å². The van der Waals surface area contributed by atoms with Crippen LogP contribution in [0.5, 0.6) is 0 Å². The summed E-state index contributed by atoms with van der Waals surface area (Å²) in [6.07, 6.45) is 0.704. The molecule has 62 valence electrons. The lowest BCUT2D eigenvalue weighted by Gasteiger charge is -2.26. The Kier molecular flexibility index (Phi) is 2.76. The molecule has 0 aliphatic carbocycles. The van der Waals surface area contributed by atoms with Crippen molar-refractivity contribution in [3.05, 3.63) is 0 Å². The monoisotopic (exact) mass is 175 g/mol. The molecule has 1 aliphatic rings. The number of carboxylic acids is 1. The van der Waals surface area contributed by atoms with E-state index < -0.39 is 11.2 Å². The molecule has 0 bridgehead atoms. The molecule has 0 aromatic heterocycles. The molecule has 5 heteroatoms. The number of nitrogens with zero attached hydrogens (tertiary/aromatic N) is 1. The van der Waals surface area contributed by atoms with Gasteiger partial charge < -0.3 is 10.0 Å². The van der Waals surface area contributed by atoms with Gasteiger partial charge in [0, 0.05) is 18.8 Å².